The van der Waals surface area contributed by atoms with Crippen LogP contribution < -0.4 is 5.32 Å². The smallest absolute Gasteiger partial charge is 0.254 e. The summed E-state index contributed by atoms with van der Waals surface area (Å²) in [6.07, 6.45) is 2.98. The predicted octanol–water partition coefficient (Wildman–Crippen LogP) is 0.0242. The highest BCUT2D eigenvalue weighted by atomic mass is 16.5. The highest BCUT2D eigenvalue weighted by Crippen LogP contribution is 2.16. The van der Waals surface area contributed by atoms with Crippen LogP contribution in [0.15, 0.2) is 23.0 Å². The zero-order valence-corrected chi connectivity index (χ0v) is 11.7. The molecule has 0 radical (unpaired) electrons. The molecule has 1 amide bonds. The number of piperazine rings is 1. The maximum atomic E-state index is 12.1. The number of hydrogen-bond donors (Lipinski definition) is 1. The molecule has 3 heterocycles. The third kappa shape index (κ3) is 2.87. The lowest BCUT2D eigenvalue weighted by atomic mass is 10.1. The molecule has 0 bridgehead atoms. The molecular formula is C14H21N3O3. The molecule has 110 valence electrons. The number of carbonyl (C=O) groups excluding carboxylic acids is 1. The van der Waals surface area contributed by atoms with E-state index >= 15 is 0 Å². The van der Waals surface area contributed by atoms with E-state index in [2.05, 4.69) is 22.2 Å². The molecule has 0 saturated carbocycles. The van der Waals surface area contributed by atoms with Crippen LogP contribution in [0.1, 0.15) is 10.4 Å². The third-order valence-corrected chi connectivity index (χ3v) is 4.16. The molecule has 6 nitrogen and oxygen atoms in total. The van der Waals surface area contributed by atoms with Gasteiger partial charge in [0.2, 0.25) is 0 Å². The minimum Gasteiger partial charge on any atom is -0.472 e. The number of carbonyl (C=O) groups is 1. The molecule has 20 heavy (non-hydrogen) atoms. The van der Waals surface area contributed by atoms with E-state index in [-0.39, 0.29) is 18.0 Å². The standard InChI is InChI=1S/C14H21N3O3/c1-16-3-5-17(6-4-16)13-10-20-9-12(13)15-14(18)11-2-7-19-8-11/h2,7-8,12-13H,3-6,9-10H2,1H3,(H,15,18)/t12-,13-/m0/s1. The highest BCUT2D eigenvalue weighted by Gasteiger charge is 2.35. The molecule has 1 aromatic heterocycles. The summed E-state index contributed by atoms with van der Waals surface area (Å²) in [4.78, 5) is 16.8. The Balaban J connectivity index is 1.59. The average Bonchev–Trinajstić information content (AvgIpc) is 3.10. The van der Waals surface area contributed by atoms with Gasteiger partial charge in [0.25, 0.3) is 5.91 Å². The maximum Gasteiger partial charge on any atom is 0.254 e. The minimum atomic E-state index is -0.0895. The predicted molar refractivity (Wildman–Crippen MR) is 73.6 cm³/mol. The van der Waals surface area contributed by atoms with Gasteiger partial charge in [0, 0.05) is 26.2 Å². The summed E-state index contributed by atoms with van der Waals surface area (Å²) in [6.45, 7) is 5.48. The summed E-state index contributed by atoms with van der Waals surface area (Å²) in [5.74, 6) is -0.0895. The number of likely N-dealkylation sites (N-methyl/N-ethyl adjacent to an activating group) is 1. The van der Waals surface area contributed by atoms with E-state index in [4.69, 9.17) is 9.15 Å². The molecule has 2 aliphatic heterocycles. The molecule has 0 aromatic carbocycles. The van der Waals surface area contributed by atoms with Gasteiger partial charge >= 0.3 is 0 Å². The number of hydrogen-bond acceptors (Lipinski definition) is 5. The van der Waals surface area contributed by atoms with Gasteiger partial charge in [-0.25, -0.2) is 0 Å². The van der Waals surface area contributed by atoms with Crippen molar-refractivity contribution < 1.29 is 13.9 Å². The van der Waals surface area contributed by atoms with Crippen LogP contribution in [0.4, 0.5) is 0 Å². The van der Waals surface area contributed by atoms with Crippen molar-refractivity contribution >= 4 is 5.91 Å². The molecular weight excluding hydrogens is 258 g/mol. The average molecular weight is 279 g/mol. The van der Waals surface area contributed by atoms with Crippen LogP contribution in [0, 0.1) is 0 Å². The Morgan fingerprint density at radius 2 is 2.10 bits per heavy atom. The topological polar surface area (TPSA) is 58.0 Å². The zero-order chi connectivity index (χ0) is 13.9. The number of ether oxygens (including phenoxy) is 1. The van der Waals surface area contributed by atoms with Crippen molar-refractivity contribution in [3.05, 3.63) is 24.2 Å². The van der Waals surface area contributed by atoms with Gasteiger partial charge in [-0.3, -0.25) is 9.69 Å². The highest BCUT2D eigenvalue weighted by molar-refractivity contribution is 5.94. The van der Waals surface area contributed by atoms with E-state index in [9.17, 15) is 4.79 Å². The Bertz CT molecular complexity index is 441. The Morgan fingerprint density at radius 3 is 2.80 bits per heavy atom. The molecule has 6 heteroatoms. The summed E-state index contributed by atoms with van der Waals surface area (Å²) < 4.78 is 10.5. The summed E-state index contributed by atoms with van der Waals surface area (Å²) in [5.41, 5.74) is 0.564. The first-order valence-corrected chi connectivity index (χ1v) is 7.07. The lowest BCUT2D eigenvalue weighted by Gasteiger charge is -2.38. The van der Waals surface area contributed by atoms with Gasteiger partial charge in [-0.15, -0.1) is 0 Å². The van der Waals surface area contributed by atoms with Crippen molar-refractivity contribution in [1.29, 1.82) is 0 Å². The molecule has 1 aromatic rings. The Hall–Kier alpha value is -1.37. The number of amides is 1. The second-order valence-electron chi connectivity index (χ2n) is 5.54. The van der Waals surface area contributed by atoms with Crippen molar-refractivity contribution in [3.8, 4) is 0 Å². The van der Waals surface area contributed by atoms with Crippen LogP contribution in [-0.2, 0) is 4.74 Å². The quantitative estimate of drug-likeness (QED) is 0.845. The van der Waals surface area contributed by atoms with Crippen LogP contribution in [0.3, 0.4) is 0 Å². The fourth-order valence-electron chi connectivity index (χ4n) is 2.84. The van der Waals surface area contributed by atoms with Gasteiger partial charge in [0.1, 0.15) is 6.26 Å². The summed E-state index contributed by atoms with van der Waals surface area (Å²) in [5, 5.41) is 3.06. The minimum absolute atomic E-state index is 0.0563. The molecule has 1 N–H and O–H groups in total. The van der Waals surface area contributed by atoms with E-state index in [1.807, 2.05) is 0 Å². The van der Waals surface area contributed by atoms with E-state index in [0.717, 1.165) is 26.2 Å². The van der Waals surface area contributed by atoms with E-state index in [1.165, 1.54) is 12.5 Å². The van der Waals surface area contributed by atoms with E-state index < -0.39 is 0 Å². The van der Waals surface area contributed by atoms with Crippen molar-refractivity contribution in [2.45, 2.75) is 12.1 Å². The SMILES string of the molecule is CN1CCN([C@H]2COC[C@@H]2NC(=O)c2ccoc2)CC1. The van der Waals surface area contributed by atoms with Crippen LogP contribution in [0.2, 0.25) is 0 Å². The van der Waals surface area contributed by atoms with Gasteiger partial charge in [-0.1, -0.05) is 0 Å². The Labute approximate surface area is 118 Å². The van der Waals surface area contributed by atoms with Gasteiger partial charge in [-0.2, -0.15) is 0 Å². The van der Waals surface area contributed by atoms with Crippen LogP contribution in [0.25, 0.3) is 0 Å². The zero-order valence-electron chi connectivity index (χ0n) is 11.7. The Morgan fingerprint density at radius 1 is 1.30 bits per heavy atom. The number of nitrogens with one attached hydrogen (secondary N) is 1. The van der Waals surface area contributed by atoms with Crippen molar-refractivity contribution in [1.82, 2.24) is 15.1 Å². The van der Waals surface area contributed by atoms with Gasteiger partial charge in [0.05, 0.1) is 37.1 Å². The number of rotatable bonds is 3. The van der Waals surface area contributed by atoms with Crippen molar-refractivity contribution in [2.75, 3.05) is 46.4 Å². The summed E-state index contributed by atoms with van der Waals surface area (Å²) in [6, 6.07) is 2.01. The van der Waals surface area contributed by atoms with Crippen molar-refractivity contribution in [2.24, 2.45) is 0 Å². The first-order chi connectivity index (χ1) is 9.74. The fourth-order valence-corrected chi connectivity index (χ4v) is 2.84. The van der Waals surface area contributed by atoms with E-state index in [1.54, 1.807) is 6.07 Å². The first-order valence-electron chi connectivity index (χ1n) is 7.07. The second kappa shape index (κ2) is 5.95. The molecule has 2 fully saturated rings. The normalized spacial score (nSPS) is 28.6. The number of furan rings is 1. The first kappa shape index (κ1) is 13.6. The molecule has 3 rings (SSSR count). The monoisotopic (exact) mass is 279 g/mol. The van der Waals surface area contributed by atoms with Gasteiger partial charge in [0.15, 0.2) is 0 Å². The Kier molecular flexibility index (Phi) is 4.05. The molecule has 0 spiro atoms. The van der Waals surface area contributed by atoms with Crippen LogP contribution in [0.5, 0.6) is 0 Å². The second-order valence-corrected chi connectivity index (χ2v) is 5.54. The summed E-state index contributed by atoms with van der Waals surface area (Å²) >= 11 is 0. The molecule has 2 aliphatic rings. The van der Waals surface area contributed by atoms with Gasteiger partial charge in [-0.05, 0) is 13.1 Å². The maximum absolute atomic E-state index is 12.1. The lowest BCUT2D eigenvalue weighted by molar-refractivity contribution is 0.0828. The fraction of sp³-hybridized carbons (Fsp3) is 0.643. The molecule has 0 unspecified atom stereocenters. The van der Waals surface area contributed by atoms with Gasteiger partial charge < -0.3 is 19.4 Å². The molecule has 2 saturated heterocycles. The largest absolute Gasteiger partial charge is 0.472 e. The van der Waals surface area contributed by atoms with Crippen molar-refractivity contribution in [3.63, 3.8) is 0 Å². The summed E-state index contributed by atoms with van der Waals surface area (Å²) in [7, 11) is 2.14. The molecule has 0 aliphatic carbocycles. The van der Waals surface area contributed by atoms with Crippen LogP contribution >= 0.6 is 0 Å². The molecule has 2 atom stereocenters. The number of nitrogens with zero attached hydrogens (tertiary/aromatic N) is 2. The third-order valence-electron chi connectivity index (χ3n) is 4.16. The lowest BCUT2D eigenvalue weighted by Crippen LogP contribution is -2.56. The van der Waals surface area contributed by atoms with E-state index in [0.29, 0.717) is 18.8 Å². The van der Waals surface area contributed by atoms with Crippen LogP contribution in [-0.4, -0.2) is 74.2 Å².